The smallest absolute Gasteiger partial charge is 0.326 e. The number of anilines is 1. The summed E-state index contributed by atoms with van der Waals surface area (Å²) in [5.41, 5.74) is 1.47. The molecule has 0 heterocycles. The summed E-state index contributed by atoms with van der Waals surface area (Å²) in [5.74, 6) is -1.51. The quantitative estimate of drug-likeness (QED) is 0.514. The van der Waals surface area contributed by atoms with Gasteiger partial charge in [-0.1, -0.05) is 18.9 Å². The number of hydrogen-bond donors (Lipinski definition) is 4. The van der Waals surface area contributed by atoms with Gasteiger partial charge in [0.25, 0.3) is 5.91 Å². The second-order valence-electron chi connectivity index (χ2n) is 7.62. The lowest BCUT2D eigenvalue weighted by molar-refractivity contribution is -0.139. The van der Waals surface area contributed by atoms with E-state index in [1.807, 2.05) is 0 Å². The van der Waals surface area contributed by atoms with Crippen LogP contribution in [0.5, 0.6) is 11.5 Å². The van der Waals surface area contributed by atoms with E-state index >= 15 is 0 Å². The van der Waals surface area contributed by atoms with Crippen molar-refractivity contribution in [3.05, 3.63) is 53.6 Å². The van der Waals surface area contributed by atoms with Gasteiger partial charge in [-0.15, -0.1) is 0 Å². The van der Waals surface area contributed by atoms with E-state index in [9.17, 15) is 24.6 Å². The number of carboxylic acid groups (broad SMARTS) is 1. The molecule has 2 amide bonds. The summed E-state index contributed by atoms with van der Waals surface area (Å²) in [6, 6.07) is 9.69. The fourth-order valence-corrected chi connectivity index (χ4v) is 3.66. The zero-order chi connectivity index (χ0) is 22.4. The summed E-state index contributed by atoms with van der Waals surface area (Å²) in [6.07, 6.45) is 3.95. The highest BCUT2D eigenvalue weighted by Gasteiger charge is 2.23. The number of rotatable bonds is 8. The van der Waals surface area contributed by atoms with Crippen molar-refractivity contribution in [3.8, 4) is 11.5 Å². The Kier molecular flexibility index (Phi) is 7.12. The number of carbonyl (C=O) groups is 3. The van der Waals surface area contributed by atoms with Crippen LogP contribution in [0.2, 0.25) is 0 Å². The number of ether oxygens (including phenoxy) is 1. The predicted octanol–water partition coefficient (Wildman–Crippen LogP) is 2.96. The van der Waals surface area contributed by atoms with Gasteiger partial charge in [-0.25, -0.2) is 4.79 Å². The molecule has 0 aromatic heterocycles. The third-order valence-electron chi connectivity index (χ3n) is 5.43. The monoisotopic (exact) mass is 426 g/mol. The maximum absolute atomic E-state index is 12.5. The van der Waals surface area contributed by atoms with E-state index in [1.165, 1.54) is 19.2 Å². The minimum Gasteiger partial charge on any atom is -0.504 e. The first-order valence-electron chi connectivity index (χ1n) is 10.2. The second-order valence-corrected chi connectivity index (χ2v) is 7.62. The molecular weight excluding hydrogens is 400 g/mol. The normalized spacial score (nSPS) is 14.6. The van der Waals surface area contributed by atoms with E-state index in [-0.39, 0.29) is 35.3 Å². The third kappa shape index (κ3) is 5.75. The molecule has 0 radical (unpaired) electrons. The summed E-state index contributed by atoms with van der Waals surface area (Å²) >= 11 is 0. The molecule has 1 saturated carbocycles. The largest absolute Gasteiger partial charge is 0.504 e. The fourth-order valence-electron chi connectivity index (χ4n) is 3.66. The zero-order valence-electron chi connectivity index (χ0n) is 17.3. The molecule has 0 spiro atoms. The van der Waals surface area contributed by atoms with Crippen LogP contribution < -0.4 is 15.4 Å². The SMILES string of the molecule is COc1cc(CC(NC(=O)c2ccc(NC(=O)C3CCCC3)cc2)C(=O)O)ccc1O. The fraction of sp³-hybridized carbons (Fsp3) is 0.348. The van der Waals surface area contributed by atoms with Gasteiger partial charge in [0.15, 0.2) is 11.5 Å². The number of phenolic OH excluding ortho intramolecular Hbond substituents is 1. The number of amides is 2. The van der Waals surface area contributed by atoms with Crippen molar-refractivity contribution in [1.82, 2.24) is 5.32 Å². The maximum Gasteiger partial charge on any atom is 0.326 e. The molecule has 164 valence electrons. The average molecular weight is 426 g/mol. The molecule has 1 fully saturated rings. The summed E-state index contributed by atoms with van der Waals surface area (Å²) < 4.78 is 5.03. The molecular formula is C23H26N2O6. The topological polar surface area (TPSA) is 125 Å². The van der Waals surface area contributed by atoms with E-state index in [2.05, 4.69) is 10.6 Å². The highest BCUT2D eigenvalue weighted by Crippen LogP contribution is 2.27. The number of hydrogen-bond acceptors (Lipinski definition) is 5. The second kappa shape index (κ2) is 9.97. The molecule has 1 aliphatic carbocycles. The van der Waals surface area contributed by atoms with Gasteiger partial charge < -0.3 is 25.6 Å². The molecule has 3 rings (SSSR count). The van der Waals surface area contributed by atoms with Crippen LogP contribution in [0.15, 0.2) is 42.5 Å². The maximum atomic E-state index is 12.5. The number of benzene rings is 2. The molecule has 8 nitrogen and oxygen atoms in total. The first-order chi connectivity index (χ1) is 14.9. The van der Waals surface area contributed by atoms with Gasteiger partial charge in [-0.3, -0.25) is 9.59 Å². The van der Waals surface area contributed by atoms with Crippen LogP contribution in [0.1, 0.15) is 41.6 Å². The van der Waals surface area contributed by atoms with Crippen molar-refractivity contribution < 1.29 is 29.3 Å². The van der Waals surface area contributed by atoms with E-state index in [0.29, 0.717) is 11.3 Å². The number of methoxy groups -OCH3 is 1. The summed E-state index contributed by atoms with van der Waals surface area (Å²) in [5, 5.41) is 24.6. The molecule has 0 bridgehead atoms. The lowest BCUT2D eigenvalue weighted by Crippen LogP contribution is -2.42. The van der Waals surface area contributed by atoms with Crippen molar-refractivity contribution in [2.24, 2.45) is 5.92 Å². The van der Waals surface area contributed by atoms with Crippen LogP contribution >= 0.6 is 0 Å². The first kappa shape index (κ1) is 22.1. The Labute approximate surface area is 180 Å². The number of carbonyl (C=O) groups excluding carboxylic acids is 2. The van der Waals surface area contributed by atoms with Crippen molar-refractivity contribution >= 4 is 23.5 Å². The van der Waals surface area contributed by atoms with Crippen LogP contribution in [-0.2, 0) is 16.0 Å². The predicted molar refractivity (Wildman–Crippen MR) is 114 cm³/mol. The molecule has 0 aliphatic heterocycles. The molecule has 1 unspecified atom stereocenters. The number of phenols is 1. The van der Waals surface area contributed by atoms with Crippen LogP contribution in [0.4, 0.5) is 5.69 Å². The van der Waals surface area contributed by atoms with Crippen LogP contribution in [0, 0.1) is 5.92 Å². The Morgan fingerprint density at radius 2 is 1.77 bits per heavy atom. The Bertz CT molecular complexity index is 951. The first-order valence-corrected chi connectivity index (χ1v) is 10.2. The Morgan fingerprint density at radius 3 is 2.39 bits per heavy atom. The van der Waals surface area contributed by atoms with E-state index in [1.54, 1.807) is 30.3 Å². The van der Waals surface area contributed by atoms with Crippen molar-refractivity contribution in [1.29, 1.82) is 0 Å². The van der Waals surface area contributed by atoms with Crippen LogP contribution in [0.25, 0.3) is 0 Å². The standard InChI is InChI=1S/C23H26N2O6/c1-31-20-13-14(6-11-19(20)26)12-18(23(29)30)25-22(28)16-7-9-17(10-8-16)24-21(27)15-4-2-3-5-15/h6-11,13,15,18,26H,2-5,12H2,1H3,(H,24,27)(H,25,28)(H,29,30). The van der Waals surface area contributed by atoms with Gasteiger partial charge in [0, 0.05) is 23.6 Å². The molecule has 31 heavy (non-hydrogen) atoms. The third-order valence-corrected chi connectivity index (χ3v) is 5.43. The van der Waals surface area contributed by atoms with Gasteiger partial charge in [0.1, 0.15) is 6.04 Å². The highest BCUT2D eigenvalue weighted by molar-refractivity contribution is 5.98. The molecule has 8 heteroatoms. The molecule has 4 N–H and O–H groups in total. The van der Waals surface area contributed by atoms with Crippen molar-refractivity contribution in [3.63, 3.8) is 0 Å². The summed E-state index contributed by atoms with van der Waals surface area (Å²) in [4.78, 5) is 36.4. The van der Waals surface area contributed by atoms with Gasteiger partial charge >= 0.3 is 5.97 Å². The minimum absolute atomic E-state index is 0.00929. The number of nitrogens with one attached hydrogen (secondary N) is 2. The van der Waals surface area contributed by atoms with Gasteiger partial charge in [0.2, 0.25) is 5.91 Å². The van der Waals surface area contributed by atoms with Gasteiger partial charge in [-0.2, -0.15) is 0 Å². The average Bonchev–Trinajstić information content (AvgIpc) is 3.30. The summed E-state index contributed by atoms with van der Waals surface area (Å²) in [7, 11) is 1.40. The van der Waals surface area contributed by atoms with E-state index in [0.717, 1.165) is 25.7 Å². The lowest BCUT2D eigenvalue weighted by atomic mass is 10.0. The number of aromatic hydroxyl groups is 1. The van der Waals surface area contributed by atoms with E-state index in [4.69, 9.17) is 4.74 Å². The molecule has 0 saturated heterocycles. The molecule has 2 aromatic carbocycles. The Morgan fingerprint density at radius 1 is 1.10 bits per heavy atom. The van der Waals surface area contributed by atoms with Crippen LogP contribution in [0.3, 0.4) is 0 Å². The van der Waals surface area contributed by atoms with Crippen molar-refractivity contribution in [2.75, 3.05) is 12.4 Å². The van der Waals surface area contributed by atoms with Crippen molar-refractivity contribution in [2.45, 2.75) is 38.1 Å². The van der Waals surface area contributed by atoms with Gasteiger partial charge in [0.05, 0.1) is 7.11 Å². The van der Waals surface area contributed by atoms with E-state index < -0.39 is 17.9 Å². The zero-order valence-corrected chi connectivity index (χ0v) is 17.3. The van der Waals surface area contributed by atoms with Crippen LogP contribution in [-0.4, -0.2) is 41.1 Å². The molecule has 2 aromatic rings. The number of aliphatic carboxylic acids is 1. The summed E-state index contributed by atoms with van der Waals surface area (Å²) in [6.45, 7) is 0. The Balaban J connectivity index is 1.62. The molecule has 1 aliphatic rings. The van der Waals surface area contributed by atoms with Gasteiger partial charge in [-0.05, 0) is 54.8 Å². The molecule has 1 atom stereocenters. The highest BCUT2D eigenvalue weighted by atomic mass is 16.5. The minimum atomic E-state index is -1.18. The Hall–Kier alpha value is -3.55. The lowest BCUT2D eigenvalue weighted by Gasteiger charge is -2.16. The number of carboxylic acids is 1.